The number of nitrogens with zero attached hydrogens (tertiary/aromatic N) is 2. The van der Waals surface area contributed by atoms with Crippen molar-refractivity contribution in [3.63, 3.8) is 0 Å². The molecule has 98 valence electrons. The Hall–Kier alpha value is -2.80. The molecular weight excluding hydrogens is 252 g/mol. The van der Waals surface area contributed by atoms with Gasteiger partial charge < -0.3 is 9.47 Å². The predicted octanol–water partition coefficient (Wildman–Crippen LogP) is 3.28. The zero-order chi connectivity index (χ0) is 14.1. The molecule has 0 aliphatic heterocycles. The molecule has 2 aromatic carbocycles. The van der Waals surface area contributed by atoms with Gasteiger partial charge in [0.05, 0.1) is 25.9 Å². The monoisotopic (exact) mass is 264 g/mol. The lowest BCUT2D eigenvalue weighted by molar-refractivity contribution is 0.356. The van der Waals surface area contributed by atoms with Crippen LogP contribution in [-0.2, 0) is 0 Å². The van der Waals surface area contributed by atoms with Crippen molar-refractivity contribution in [2.75, 3.05) is 14.2 Å². The van der Waals surface area contributed by atoms with Crippen LogP contribution in [0.2, 0.25) is 0 Å². The molecule has 0 aliphatic rings. The van der Waals surface area contributed by atoms with Crippen LogP contribution in [-0.4, -0.2) is 19.2 Å². The van der Waals surface area contributed by atoms with Gasteiger partial charge >= 0.3 is 0 Å². The van der Waals surface area contributed by atoms with Crippen molar-refractivity contribution >= 4 is 21.5 Å². The molecule has 0 N–H and O–H groups in total. The van der Waals surface area contributed by atoms with Gasteiger partial charge in [-0.05, 0) is 35.0 Å². The topological polar surface area (TPSA) is 55.1 Å². The molecule has 4 nitrogen and oxygen atoms in total. The Bertz CT molecular complexity index is 850. The first-order chi connectivity index (χ1) is 9.78. The first-order valence-corrected chi connectivity index (χ1v) is 6.11. The lowest BCUT2D eigenvalue weighted by Crippen LogP contribution is -1.92. The Kier molecular flexibility index (Phi) is 2.88. The standard InChI is InChI=1S/C16H12N2O2/c1-19-15-6-12-11(8-17)5-10-3-4-18-9-14(10)13(12)7-16(15)20-2/h3-7,9H,1-2H3. The van der Waals surface area contributed by atoms with E-state index in [1.807, 2.05) is 24.3 Å². The Labute approximate surface area is 116 Å². The van der Waals surface area contributed by atoms with Gasteiger partial charge in [0.1, 0.15) is 0 Å². The number of methoxy groups -OCH3 is 2. The van der Waals surface area contributed by atoms with E-state index in [0.29, 0.717) is 17.1 Å². The van der Waals surface area contributed by atoms with Gasteiger partial charge in [-0.15, -0.1) is 0 Å². The number of rotatable bonds is 2. The highest BCUT2D eigenvalue weighted by Crippen LogP contribution is 2.37. The van der Waals surface area contributed by atoms with E-state index < -0.39 is 0 Å². The minimum Gasteiger partial charge on any atom is -0.493 e. The third kappa shape index (κ3) is 1.72. The van der Waals surface area contributed by atoms with Crippen molar-refractivity contribution < 1.29 is 9.47 Å². The second-order valence-corrected chi connectivity index (χ2v) is 4.39. The van der Waals surface area contributed by atoms with Crippen molar-refractivity contribution in [2.45, 2.75) is 0 Å². The van der Waals surface area contributed by atoms with Crippen molar-refractivity contribution in [2.24, 2.45) is 0 Å². The predicted molar refractivity (Wildman–Crippen MR) is 77.1 cm³/mol. The van der Waals surface area contributed by atoms with Crippen LogP contribution < -0.4 is 9.47 Å². The molecular formula is C16H12N2O2. The third-order valence-electron chi connectivity index (χ3n) is 3.38. The Balaban J connectivity index is 2.53. The van der Waals surface area contributed by atoms with Crippen molar-refractivity contribution in [3.05, 3.63) is 42.2 Å². The summed E-state index contributed by atoms with van der Waals surface area (Å²) in [5.74, 6) is 1.25. The SMILES string of the molecule is COc1cc2c(C#N)cc3ccncc3c2cc1OC. The molecule has 0 fully saturated rings. The summed E-state index contributed by atoms with van der Waals surface area (Å²) in [7, 11) is 3.18. The number of aromatic nitrogens is 1. The number of hydrogen-bond donors (Lipinski definition) is 0. The molecule has 0 amide bonds. The molecule has 1 aromatic heterocycles. The van der Waals surface area contributed by atoms with Crippen LogP contribution in [0.5, 0.6) is 11.5 Å². The summed E-state index contributed by atoms with van der Waals surface area (Å²) < 4.78 is 10.6. The number of nitriles is 1. The van der Waals surface area contributed by atoms with E-state index in [1.165, 1.54) is 0 Å². The molecule has 3 aromatic rings. The maximum atomic E-state index is 9.35. The molecule has 0 aliphatic carbocycles. The second kappa shape index (κ2) is 4.71. The van der Waals surface area contributed by atoms with E-state index in [0.717, 1.165) is 21.5 Å². The smallest absolute Gasteiger partial charge is 0.161 e. The van der Waals surface area contributed by atoms with E-state index in [4.69, 9.17) is 9.47 Å². The van der Waals surface area contributed by atoms with Crippen LogP contribution in [0, 0.1) is 11.3 Å². The average Bonchev–Trinajstić information content (AvgIpc) is 2.52. The largest absolute Gasteiger partial charge is 0.493 e. The zero-order valence-corrected chi connectivity index (χ0v) is 11.2. The van der Waals surface area contributed by atoms with Crippen LogP contribution in [0.1, 0.15) is 5.56 Å². The molecule has 0 bridgehead atoms. The van der Waals surface area contributed by atoms with Crippen LogP contribution >= 0.6 is 0 Å². The maximum Gasteiger partial charge on any atom is 0.161 e. The van der Waals surface area contributed by atoms with Gasteiger partial charge in [0.15, 0.2) is 11.5 Å². The van der Waals surface area contributed by atoms with Gasteiger partial charge in [-0.25, -0.2) is 0 Å². The summed E-state index contributed by atoms with van der Waals surface area (Å²) in [6.07, 6.45) is 3.51. The van der Waals surface area contributed by atoms with Crippen LogP contribution in [0.15, 0.2) is 36.7 Å². The molecule has 0 atom stereocenters. The zero-order valence-electron chi connectivity index (χ0n) is 11.2. The first kappa shape index (κ1) is 12.2. The van der Waals surface area contributed by atoms with E-state index in [1.54, 1.807) is 26.6 Å². The maximum absolute atomic E-state index is 9.35. The first-order valence-electron chi connectivity index (χ1n) is 6.11. The van der Waals surface area contributed by atoms with Crippen molar-refractivity contribution in [3.8, 4) is 17.6 Å². The van der Waals surface area contributed by atoms with Crippen molar-refractivity contribution in [1.29, 1.82) is 5.26 Å². The van der Waals surface area contributed by atoms with Gasteiger partial charge in [0.2, 0.25) is 0 Å². The second-order valence-electron chi connectivity index (χ2n) is 4.39. The van der Waals surface area contributed by atoms with E-state index in [-0.39, 0.29) is 0 Å². The molecule has 0 unspecified atom stereocenters. The van der Waals surface area contributed by atoms with Gasteiger partial charge in [0, 0.05) is 23.2 Å². The normalized spacial score (nSPS) is 10.4. The van der Waals surface area contributed by atoms with E-state index in [2.05, 4.69) is 11.1 Å². The summed E-state index contributed by atoms with van der Waals surface area (Å²) >= 11 is 0. The molecule has 3 rings (SSSR count). The summed E-state index contributed by atoms with van der Waals surface area (Å²) in [6.45, 7) is 0. The number of benzene rings is 2. The summed E-state index contributed by atoms with van der Waals surface area (Å²) in [5.41, 5.74) is 0.611. The fourth-order valence-corrected chi connectivity index (χ4v) is 2.41. The number of hydrogen-bond acceptors (Lipinski definition) is 4. The fraction of sp³-hybridized carbons (Fsp3) is 0.125. The summed E-state index contributed by atoms with van der Waals surface area (Å²) in [4.78, 5) is 4.16. The molecule has 20 heavy (non-hydrogen) atoms. The van der Waals surface area contributed by atoms with Gasteiger partial charge in [-0.1, -0.05) is 0 Å². The molecule has 0 radical (unpaired) electrons. The summed E-state index contributed by atoms with van der Waals surface area (Å²) in [5, 5.41) is 13.1. The number of fused-ring (bicyclic) bond motifs is 3. The average molecular weight is 264 g/mol. The van der Waals surface area contributed by atoms with Gasteiger partial charge in [-0.3, -0.25) is 4.98 Å². The highest BCUT2D eigenvalue weighted by Gasteiger charge is 2.12. The third-order valence-corrected chi connectivity index (χ3v) is 3.38. The van der Waals surface area contributed by atoms with Gasteiger partial charge in [0.25, 0.3) is 0 Å². The van der Waals surface area contributed by atoms with Gasteiger partial charge in [-0.2, -0.15) is 5.26 Å². The molecule has 0 saturated heterocycles. The summed E-state index contributed by atoms with van der Waals surface area (Å²) in [6, 6.07) is 9.72. The van der Waals surface area contributed by atoms with Crippen molar-refractivity contribution in [1.82, 2.24) is 4.98 Å². The minimum atomic E-state index is 0.611. The lowest BCUT2D eigenvalue weighted by Gasteiger charge is -2.11. The Morgan fingerprint density at radius 2 is 1.70 bits per heavy atom. The quantitative estimate of drug-likeness (QED) is 0.666. The van der Waals surface area contributed by atoms with E-state index >= 15 is 0 Å². The number of pyridine rings is 1. The van der Waals surface area contributed by atoms with Crippen LogP contribution in [0.25, 0.3) is 21.5 Å². The minimum absolute atomic E-state index is 0.611. The molecule has 0 spiro atoms. The molecule has 1 heterocycles. The van der Waals surface area contributed by atoms with Crippen LogP contribution in [0.3, 0.4) is 0 Å². The highest BCUT2D eigenvalue weighted by atomic mass is 16.5. The molecule has 4 heteroatoms. The molecule has 0 saturated carbocycles. The lowest BCUT2D eigenvalue weighted by atomic mass is 9.98. The van der Waals surface area contributed by atoms with E-state index in [9.17, 15) is 5.26 Å². The Morgan fingerprint density at radius 3 is 2.35 bits per heavy atom. The fourth-order valence-electron chi connectivity index (χ4n) is 2.41. The van der Waals surface area contributed by atoms with Crippen LogP contribution in [0.4, 0.5) is 0 Å². The Morgan fingerprint density at radius 1 is 1.00 bits per heavy atom. The number of ether oxygens (including phenoxy) is 2. The highest BCUT2D eigenvalue weighted by molar-refractivity contribution is 6.10.